The third-order valence-electron chi connectivity index (χ3n) is 9.89. The van der Waals surface area contributed by atoms with Gasteiger partial charge in [0.05, 0.1) is 22.7 Å². The first-order valence-electron chi connectivity index (χ1n) is 16.8. The van der Waals surface area contributed by atoms with E-state index in [1.807, 2.05) is 13.8 Å². The van der Waals surface area contributed by atoms with Crippen LogP contribution >= 0.6 is 0 Å². The predicted molar refractivity (Wildman–Crippen MR) is 175 cm³/mol. The number of aromatic hydroxyl groups is 1. The molecule has 0 radical (unpaired) electrons. The van der Waals surface area contributed by atoms with Crippen molar-refractivity contribution in [1.29, 1.82) is 0 Å². The molecule has 0 aliphatic carbocycles. The van der Waals surface area contributed by atoms with Crippen molar-refractivity contribution >= 4 is 27.5 Å². The van der Waals surface area contributed by atoms with Gasteiger partial charge in [0.25, 0.3) is 0 Å². The molecule has 5 heterocycles. The Hall–Kier alpha value is -3.84. The van der Waals surface area contributed by atoms with E-state index in [9.17, 15) is 13.9 Å². The number of nitrogens with one attached hydrogen (secondary N) is 1. The molecule has 2 saturated heterocycles. The summed E-state index contributed by atoms with van der Waals surface area (Å²) in [5.74, 6) is -3.36. The first-order chi connectivity index (χ1) is 23.2. The van der Waals surface area contributed by atoms with E-state index in [-0.39, 0.29) is 75.6 Å². The number of aromatic nitrogens is 3. The summed E-state index contributed by atoms with van der Waals surface area (Å²) in [6.45, 7) is 7.23. The van der Waals surface area contributed by atoms with Gasteiger partial charge >= 0.3 is 6.01 Å². The smallest absolute Gasteiger partial charge is 0.319 e. The molecule has 0 spiro atoms. The van der Waals surface area contributed by atoms with E-state index >= 15 is 13.2 Å². The molecule has 0 amide bonds. The molecule has 2 N–H and O–H groups in total. The minimum atomic E-state index is -1.74. The van der Waals surface area contributed by atoms with Gasteiger partial charge < -0.3 is 14.7 Å². The van der Waals surface area contributed by atoms with Gasteiger partial charge in [-0.25, -0.2) is 26.9 Å². The highest BCUT2D eigenvalue weighted by atomic mass is 19.2. The summed E-state index contributed by atoms with van der Waals surface area (Å²) >= 11 is 0. The number of fused-ring (bicyclic) bond motifs is 2. The number of nitrogens with zero attached hydrogens (tertiary/aromatic N) is 5. The van der Waals surface area contributed by atoms with E-state index in [0.29, 0.717) is 18.5 Å². The van der Waals surface area contributed by atoms with Crippen molar-refractivity contribution in [3.05, 3.63) is 47.4 Å². The molecular formula is C35H41F5N6O2. The summed E-state index contributed by atoms with van der Waals surface area (Å²) in [5.41, 5.74) is -0.416. The van der Waals surface area contributed by atoms with Crippen molar-refractivity contribution < 1.29 is 31.8 Å². The van der Waals surface area contributed by atoms with E-state index in [2.05, 4.69) is 20.2 Å². The summed E-state index contributed by atoms with van der Waals surface area (Å²) in [6, 6.07) is 3.71. The molecule has 48 heavy (non-hydrogen) atoms. The number of aryl methyl sites for hydroxylation is 1. The molecule has 4 aromatic rings. The van der Waals surface area contributed by atoms with E-state index < -0.39 is 36.6 Å². The van der Waals surface area contributed by atoms with Gasteiger partial charge in [-0.3, -0.25) is 10.2 Å². The van der Waals surface area contributed by atoms with Crippen LogP contribution in [0.15, 0.2) is 24.3 Å². The Kier molecular flexibility index (Phi) is 9.89. The zero-order valence-corrected chi connectivity index (χ0v) is 27.4. The average Bonchev–Trinajstić information content (AvgIpc) is 3.66. The molecule has 3 aliphatic heterocycles. The SMILES string of the molecule is CC.CCN1c2nc(OCC34CCCN3CCC4)nc3c(F)c(-c4cc(O)cc5ccc(F)c(F)c45)nc(c23)CCCC1C(F)NCF. The Balaban J connectivity index is 0.00000197. The van der Waals surface area contributed by atoms with Crippen LogP contribution in [0.5, 0.6) is 11.8 Å². The molecule has 2 fully saturated rings. The maximum Gasteiger partial charge on any atom is 0.319 e. The van der Waals surface area contributed by atoms with Crippen molar-refractivity contribution in [3.8, 4) is 23.0 Å². The van der Waals surface area contributed by atoms with Gasteiger partial charge in [0.15, 0.2) is 23.7 Å². The maximum atomic E-state index is 16.9. The van der Waals surface area contributed by atoms with E-state index in [4.69, 9.17) is 9.72 Å². The van der Waals surface area contributed by atoms with Crippen LogP contribution < -0.4 is 15.0 Å². The third-order valence-corrected chi connectivity index (χ3v) is 9.89. The quantitative estimate of drug-likeness (QED) is 0.149. The fourth-order valence-electron chi connectivity index (χ4n) is 7.75. The molecule has 0 bridgehead atoms. The van der Waals surface area contributed by atoms with Crippen LogP contribution in [-0.2, 0) is 6.42 Å². The molecule has 3 aliphatic rings. The topological polar surface area (TPSA) is 86.6 Å². The second-order valence-corrected chi connectivity index (χ2v) is 12.4. The van der Waals surface area contributed by atoms with Crippen molar-refractivity contribution in [3.63, 3.8) is 0 Å². The minimum absolute atomic E-state index is 0.109. The largest absolute Gasteiger partial charge is 0.508 e. The number of phenolic OH excluding ortho intramolecular Hbond substituents is 1. The standard InChI is InChI=1S/C33H35F5N6O2.C2H6/c1-2-44-23(30(38)39-17-34)7-3-6-22-25-29(41-32(42-31(25)44)46-16-33-10-4-12-43(33)13-5-11-33)27(37)28(40-22)20-15-19(45)14-18-8-9-21(35)26(36)24(18)20;1-2/h8-9,14-15,23,30,39,45H,2-7,10-13,16-17H2,1H3;1-2H3. The van der Waals surface area contributed by atoms with Gasteiger partial charge in [0, 0.05) is 17.5 Å². The van der Waals surface area contributed by atoms with Crippen molar-refractivity contribution in [2.75, 3.05) is 37.9 Å². The van der Waals surface area contributed by atoms with Crippen LogP contribution in [0, 0.1) is 17.5 Å². The number of ether oxygens (including phenoxy) is 1. The number of hydrogen-bond acceptors (Lipinski definition) is 8. The Labute approximate surface area is 276 Å². The van der Waals surface area contributed by atoms with Crippen molar-refractivity contribution in [1.82, 2.24) is 25.2 Å². The number of likely N-dealkylation sites (N-methyl/N-ethyl adjacent to an activating group) is 1. The third kappa shape index (κ3) is 5.89. The second-order valence-electron chi connectivity index (χ2n) is 12.4. The molecule has 258 valence electrons. The summed E-state index contributed by atoms with van der Waals surface area (Å²) in [6.07, 6.45) is 3.21. The lowest BCUT2D eigenvalue weighted by molar-refractivity contribution is 0.107. The van der Waals surface area contributed by atoms with Gasteiger partial charge in [-0.05, 0) is 88.5 Å². The number of alkyl halides is 2. The molecule has 0 saturated carbocycles. The van der Waals surface area contributed by atoms with Crippen LogP contribution in [-0.4, -0.2) is 75.9 Å². The fraction of sp³-hybridized carbons (Fsp3) is 0.514. The Morgan fingerprint density at radius 1 is 1.02 bits per heavy atom. The number of benzene rings is 2. The normalized spacial score (nSPS) is 19.5. The van der Waals surface area contributed by atoms with Crippen LogP contribution in [0.3, 0.4) is 0 Å². The van der Waals surface area contributed by atoms with Crippen LogP contribution in [0.25, 0.3) is 32.9 Å². The zero-order valence-electron chi connectivity index (χ0n) is 27.4. The number of hydrogen-bond donors (Lipinski definition) is 2. The number of halogens is 5. The van der Waals surface area contributed by atoms with E-state index in [0.717, 1.165) is 50.9 Å². The number of rotatable bonds is 8. The number of phenols is 1. The van der Waals surface area contributed by atoms with Gasteiger partial charge in [0.1, 0.15) is 36.2 Å². The lowest BCUT2D eigenvalue weighted by Gasteiger charge is -2.36. The van der Waals surface area contributed by atoms with Crippen LogP contribution in [0.4, 0.5) is 27.8 Å². The van der Waals surface area contributed by atoms with Crippen molar-refractivity contribution in [2.45, 2.75) is 83.6 Å². The summed E-state index contributed by atoms with van der Waals surface area (Å²) in [5, 5.41) is 12.9. The van der Waals surface area contributed by atoms with E-state index in [1.165, 1.54) is 12.1 Å². The second kappa shape index (κ2) is 13.9. The van der Waals surface area contributed by atoms with Crippen LogP contribution in [0.2, 0.25) is 0 Å². The fourth-order valence-corrected chi connectivity index (χ4v) is 7.75. The molecule has 7 rings (SSSR count). The molecule has 2 aromatic carbocycles. The molecule has 8 nitrogen and oxygen atoms in total. The number of anilines is 1. The minimum Gasteiger partial charge on any atom is -0.508 e. The summed E-state index contributed by atoms with van der Waals surface area (Å²) in [7, 11) is 0. The lowest BCUT2D eigenvalue weighted by Crippen LogP contribution is -2.49. The molecule has 2 atom stereocenters. The average molecular weight is 673 g/mol. The highest BCUT2D eigenvalue weighted by Gasteiger charge is 2.45. The maximum absolute atomic E-state index is 16.9. The van der Waals surface area contributed by atoms with E-state index in [1.54, 1.807) is 11.8 Å². The summed E-state index contributed by atoms with van der Waals surface area (Å²) < 4.78 is 81.4. The molecular weight excluding hydrogens is 631 g/mol. The molecule has 13 heteroatoms. The van der Waals surface area contributed by atoms with Gasteiger partial charge in [0.2, 0.25) is 0 Å². The molecule has 2 aromatic heterocycles. The first kappa shape index (κ1) is 34.0. The Bertz CT molecular complexity index is 1800. The highest BCUT2D eigenvalue weighted by molar-refractivity contribution is 6.01. The van der Waals surface area contributed by atoms with Crippen LogP contribution in [0.1, 0.15) is 65.0 Å². The Morgan fingerprint density at radius 3 is 2.48 bits per heavy atom. The number of pyridine rings is 1. The summed E-state index contributed by atoms with van der Waals surface area (Å²) in [4.78, 5) is 17.9. The lowest BCUT2D eigenvalue weighted by atomic mass is 9.95. The van der Waals surface area contributed by atoms with Gasteiger partial charge in [-0.2, -0.15) is 9.97 Å². The van der Waals surface area contributed by atoms with Gasteiger partial charge in [-0.15, -0.1) is 0 Å². The zero-order chi connectivity index (χ0) is 34.2. The monoisotopic (exact) mass is 672 g/mol. The van der Waals surface area contributed by atoms with Crippen molar-refractivity contribution in [2.24, 2.45) is 0 Å². The predicted octanol–water partition coefficient (Wildman–Crippen LogP) is 7.34. The molecule has 2 unspecified atom stereocenters. The first-order valence-corrected chi connectivity index (χ1v) is 16.8. The van der Waals surface area contributed by atoms with Gasteiger partial charge in [-0.1, -0.05) is 19.9 Å². The Morgan fingerprint density at radius 2 is 1.77 bits per heavy atom. The highest BCUT2D eigenvalue weighted by Crippen LogP contribution is 2.43.